The van der Waals surface area contributed by atoms with Gasteiger partial charge in [-0.2, -0.15) is 0 Å². The first-order valence-corrected chi connectivity index (χ1v) is 45.9. The van der Waals surface area contributed by atoms with Crippen LogP contribution in [0.5, 0.6) is 0 Å². The highest BCUT2D eigenvalue weighted by molar-refractivity contribution is 8.00. The standard InChI is InChI=1S/C89H127N27O18S/c1-8-10-30-68-81(128)105-59(28-19-33-97-88(92)93)77(124)111-67(76(123)101-44-72(91)119)47-135-48-74(121)104-63(36-51-22-13-12-14-23-51)84(131)113(5)50(3)75(122)108-65(40-71(90)118)86(133)116-35-21-32-69(116)82(129)107-62(39-54-43-96-49-102-54)79(126)106-60(29-20-34-98-89(94)95)83(130)112(4)45-73(120)103-61(37-52-41-99-57-26-17-15-24-55(52)57)78(125)110-66(46-117)80(127)109-64(38-53-42-100-58-27-18-16-25-56(53)58)85(132)115(7)70(31-11-9-2)87(134)114(68)6/h12-18,22-27,41-43,49-50,59-70,99-100,117H,8-11,19-21,28-40,44-48H2,1-7H3,(H2,90,118)(H2,91,119)(H,96,102)(H,101,123)(H,103,120)(H,104,121)(H,105,128)(H,106,126)(H,107,129)(H,108,122)(H,109,127)(H,110,125)(H,111,124)(H4,92,93,97)(H4,94,95,98)/t50-,59-,60-,61-,62-,63-,64-,65-,66-,67-,68-,69-,70-/m0/s1. The third-order valence-corrected chi connectivity index (χ3v) is 24.5. The molecule has 0 unspecified atom stereocenters. The number of aromatic nitrogens is 4. The molecule has 3 aromatic carbocycles. The van der Waals surface area contributed by atoms with Crippen LogP contribution in [0.25, 0.3) is 21.8 Å². The van der Waals surface area contributed by atoms with Crippen LogP contribution < -0.4 is 86.7 Å². The SMILES string of the molecule is CCCC[C@H]1C(=O)N(C)[C@@H](CCCC)C(=O)N[C@@H](CCCNC(=N)N)C(=O)N[C@H](C(=O)NCC(N)=O)CSCC(=O)N[C@@H](Cc2ccccc2)C(=O)N(C)[C@@H](C)C(=O)N[C@@H](CC(N)=O)C(=O)N2CCC[C@H]2C(=O)N[C@@H](Cc2cnc[nH]2)C(=O)N[C@@H](CCCNC(=N)N)C(=O)N(C)CC(=O)N[C@@H](Cc2c[nH]c3ccccc23)C(=O)N[C@@H](CO)C(=O)N[C@@H](Cc2c[nH]c3ccccc23)C(=O)N1C. The summed E-state index contributed by atoms with van der Waals surface area (Å²) in [4.78, 5) is 268. The summed E-state index contributed by atoms with van der Waals surface area (Å²) in [5.41, 5.74) is 25.5. The third kappa shape index (κ3) is 31.5. The summed E-state index contributed by atoms with van der Waals surface area (Å²) in [7, 11) is 5.17. The van der Waals surface area contributed by atoms with Gasteiger partial charge >= 0.3 is 0 Å². The molecular weight excluding hydrogens is 1770 g/mol. The number of amides is 17. The highest BCUT2D eigenvalue weighted by Gasteiger charge is 2.44. The number of nitrogens with zero attached hydrogens (tertiary/aromatic N) is 6. The van der Waals surface area contributed by atoms with Gasteiger partial charge in [0.05, 0.1) is 38.2 Å². The zero-order valence-corrected chi connectivity index (χ0v) is 77.6. The lowest BCUT2D eigenvalue weighted by Gasteiger charge is -2.36. The summed E-state index contributed by atoms with van der Waals surface area (Å²) in [6.45, 7) is 2.24. The van der Waals surface area contributed by atoms with Crippen molar-refractivity contribution in [2.75, 3.05) is 79.0 Å². The molecule has 17 amide bonds. The zero-order valence-electron chi connectivity index (χ0n) is 76.8. The number of unbranched alkanes of at least 4 members (excludes halogenated alkanes) is 2. The van der Waals surface area contributed by atoms with E-state index < -0.39 is 229 Å². The maximum atomic E-state index is 15.7. The van der Waals surface area contributed by atoms with Crippen molar-refractivity contribution in [2.24, 2.45) is 22.9 Å². The molecule has 3 aromatic heterocycles. The van der Waals surface area contributed by atoms with Crippen molar-refractivity contribution < 1.29 is 86.6 Å². The number of hydrogen-bond donors (Lipinski definition) is 22. The Kier molecular flexibility index (Phi) is 41.1. The number of hydrogen-bond acceptors (Lipinski definition) is 22. The molecule has 0 radical (unpaired) electrons. The number of para-hydroxylation sites is 2. The first-order chi connectivity index (χ1) is 64.4. The van der Waals surface area contributed by atoms with Crippen molar-refractivity contribution in [2.45, 2.75) is 208 Å². The Morgan fingerprint density at radius 1 is 0.496 bits per heavy atom. The third-order valence-electron chi connectivity index (χ3n) is 23.4. The van der Waals surface area contributed by atoms with Crippen molar-refractivity contribution in [3.05, 3.63) is 126 Å². The van der Waals surface area contributed by atoms with Gasteiger partial charge in [-0.15, -0.1) is 11.8 Å². The van der Waals surface area contributed by atoms with Crippen LogP contribution >= 0.6 is 11.8 Å². The van der Waals surface area contributed by atoms with Crippen LogP contribution in [0.2, 0.25) is 0 Å². The maximum absolute atomic E-state index is 15.7. The number of aliphatic hydroxyl groups excluding tert-OH is 1. The number of fused-ring (bicyclic) bond motifs is 3. The minimum atomic E-state index is -1.88. The van der Waals surface area contributed by atoms with Crippen molar-refractivity contribution in [3.8, 4) is 0 Å². The molecule has 0 spiro atoms. The normalized spacial score (nSPS) is 23.1. The fourth-order valence-corrected chi connectivity index (χ4v) is 16.7. The molecule has 5 heterocycles. The van der Waals surface area contributed by atoms with Crippen LogP contribution in [0.1, 0.15) is 127 Å². The monoisotopic (exact) mass is 1890 g/mol. The average molecular weight is 1900 g/mol. The number of aromatic amines is 3. The molecule has 45 nitrogen and oxygen atoms in total. The van der Waals surface area contributed by atoms with Crippen molar-refractivity contribution in [1.29, 1.82) is 10.8 Å². The molecule has 732 valence electrons. The molecule has 2 aliphatic rings. The van der Waals surface area contributed by atoms with Crippen molar-refractivity contribution >= 4 is 146 Å². The number of carbonyl (C=O) groups is 17. The van der Waals surface area contributed by atoms with Gasteiger partial charge in [-0.1, -0.05) is 106 Å². The van der Waals surface area contributed by atoms with Gasteiger partial charge in [-0.05, 0) is 87.1 Å². The van der Waals surface area contributed by atoms with Crippen LogP contribution in [0, 0.1) is 10.8 Å². The van der Waals surface area contributed by atoms with Crippen LogP contribution in [-0.2, 0) is 107 Å². The summed E-state index contributed by atoms with van der Waals surface area (Å²) >= 11 is 0.787. The number of thioether (sulfide) groups is 1. The average Bonchev–Trinajstić information content (AvgIpc) is 1.78. The van der Waals surface area contributed by atoms with E-state index >= 15 is 24.0 Å². The Morgan fingerprint density at radius 2 is 1.01 bits per heavy atom. The van der Waals surface area contributed by atoms with Crippen LogP contribution in [-0.4, -0.2) is 319 Å². The van der Waals surface area contributed by atoms with Gasteiger partial charge < -0.3 is 131 Å². The maximum Gasteiger partial charge on any atom is 0.246 e. The molecule has 13 atom stereocenters. The van der Waals surface area contributed by atoms with E-state index in [4.69, 9.17) is 33.8 Å². The molecule has 2 aliphatic heterocycles. The van der Waals surface area contributed by atoms with Gasteiger partial charge in [0.25, 0.3) is 0 Å². The minimum absolute atomic E-state index is 0.00115. The highest BCUT2D eigenvalue weighted by Crippen LogP contribution is 2.26. The second kappa shape index (κ2) is 52.3. The Bertz CT molecular complexity index is 5170. The lowest BCUT2D eigenvalue weighted by atomic mass is 10.00. The zero-order chi connectivity index (χ0) is 98.7. The van der Waals surface area contributed by atoms with Crippen molar-refractivity contribution in [3.63, 3.8) is 0 Å². The smallest absolute Gasteiger partial charge is 0.246 e. The fourth-order valence-electron chi connectivity index (χ4n) is 15.9. The first-order valence-electron chi connectivity index (χ1n) is 44.8. The topological polar surface area (TPSA) is 683 Å². The Labute approximate surface area is 784 Å². The number of primary amides is 2. The summed E-state index contributed by atoms with van der Waals surface area (Å²) in [5, 5.41) is 59.7. The van der Waals surface area contributed by atoms with Gasteiger partial charge in [-0.3, -0.25) is 92.3 Å². The summed E-state index contributed by atoms with van der Waals surface area (Å²) in [5.74, 6) is -17.7. The minimum Gasteiger partial charge on any atom is -0.394 e. The lowest BCUT2D eigenvalue weighted by molar-refractivity contribution is -0.149. The molecule has 2 fully saturated rings. The summed E-state index contributed by atoms with van der Waals surface area (Å²) < 4.78 is 0. The number of benzene rings is 3. The number of imidazole rings is 1. The van der Waals surface area contributed by atoms with Gasteiger partial charge in [0, 0.05) is 125 Å². The van der Waals surface area contributed by atoms with Gasteiger partial charge in [0.1, 0.15) is 78.5 Å². The van der Waals surface area contributed by atoms with Gasteiger partial charge in [0.15, 0.2) is 11.9 Å². The number of nitrogens with two attached hydrogens (primary N) is 4. The predicted molar refractivity (Wildman–Crippen MR) is 499 cm³/mol. The number of nitrogens with one attached hydrogen (secondary N) is 17. The number of likely N-dealkylation sites (N-methyl/N-ethyl adjacent to an activating group) is 4. The van der Waals surface area contributed by atoms with E-state index in [1.807, 2.05) is 13.8 Å². The molecule has 6 aromatic rings. The van der Waals surface area contributed by atoms with Crippen LogP contribution in [0.3, 0.4) is 0 Å². The molecule has 8 rings (SSSR count). The second-order valence-electron chi connectivity index (χ2n) is 33.5. The Balaban J connectivity index is 1.19. The molecule has 46 heteroatoms. The number of H-pyrrole nitrogens is 3. The van der Waals surface area contributed by atoms with E-state index in [1.54, 1.807) is 91.3 Å². The predicted octanol–water partition coefficient (Wildman–Crippen LogP) is -3.92. The lowest BCUT2D eigenvalue weighted by Crippen LogP contribution is -2.61. The molecule has 135 heavy (non-hydrogen) atoms. The largest absolute Gasteiger partial charge is 0.394 e. The second-order valence-corrected chi connectivity index (χ2v) is 34.5. The van der Waals surface area contributed by atoms with Crippen LogP contribution in [0.4, 0.5) is 0 Å². The number of aliphatic hydroxyl groups is 1. The quantitative estimate of drug-likeness (QED) is 0.0127. The number of rotatable bonds is 28. The summed E-state index contributed by atoms with van der Waals surface area (Å²) in [6, 6.07) is 2.35. The fraction of sp³-hybridized carbons (Fsp3) is 0.506. The molecule has 0 bridgehead atoms. The first kappa shape index (κ1) is 106. The molecule has 0 aliphatic carbocycles. The Morgan fingerprint density at radius 3 is 1.59 bits per heavy atom. The van der Waals surface area contributed by atoms with Gasteiger partial charge in [-0.25, -0.2) is 4.98 Å². The van der Waals surface area contributed by atoms with E-state index in [1.165, 1.54) is 47.6 Å². The highest BCUT2D eigenvalue weighted by atomic mass is 32.2. The summed E-state index contributed by atoms with van der Waals surface area (Å²) in [6.07, 6.45) is 5.55. The molecule has 2 saturated heterocycles. The van der Waals surface area contributed by atoms with E-state index in [0.717, 1.165) is 36.3 Å². The molecule has 0 saturated carbocycles. The van der Waals surface area contributed by atoms with Crippen LogP contribution in [0.15, 0.2) is 104 Å². The number of guanidine groups is 2. The van der Waals surface area contributed by atoms with E-state index in [9.17, 15) is 62.6 Å². The van der Waals surface area contributed by atoms with E-state index in [0.29, 0.717) is 69.9 Å². The van der Waals surface area contributed by atoms with E-state index in [2.05, 4.69) is 83.7 Å². The van der Waals surface area contributed by atoms with Crippen molar-refractivity contribution in [1.82, 2.24) is 108 Å². The van der Waals surface area contributed by atoms with Gasteiger partial charge in [0.2, 0.25) is 100 Å². The van der Waals surface area contributed by atoms with E-state index in [-0.39, 0.29) is 96.7 Å². The Hall–Kier alpha value is -14.2. The molecular formula is C89H127N27O18S. The molecule has 26 N–H and O–H groups in total. The number of carbonyl (C=O) groups excluding carboxylic acids is 17.